The molecular weight excluding hydrogens is 360 g/mol. The van der Waals surface area contributed by atoms with Crippen LogP contribution in [-0.4, -0.2) is 41.9 Å². The van der Waals surface area contributed by atoms with Crippen LogP contribution in [0.3, 0.4) is 0 Å². The van der Waals surface area contributed by atoms with Gasteiger partial charge in [0.05, 0.1) is 6.10 Å². The monoisotopic (exact) mass is 372 g/mol. The van der Waals surface area contributed by atoms with Crippen molar-refractivity contribution in [3.63, 3.8) is 0 Å². The minimum atomic E-state index is -6.72. The molecule has 0 atom stereocenters. The molecule has 0 aliphatic heterocycles. The first-order valence-corrected chi connectivity index (χ1v) is 6.08. The molecule has 0 aliphatic rings. The van der Waals surface area contributed by atoms with Crippen molar-refractivity contribution >= 4 is 11.9 Å². The fraction of sp³-hybridized carbons (Fsp3) is 0.667. The Labute approximate surface area is 130 Å². The van der Waals surface area contributed by atoms with E-state index in [1.165, 1.54) is 13.8 Å². The van der Waals surface area contributed by atoms with Crippen molar-refractivity contribution in [2.45, 2.75) is 50.8 Å². The van der Waals surface area contributed by atoms with E-state index in [9.17, 15) is 44.7 Å². The van der Waals surface area contributed by atoms with E-state index in [4.69, 9.17) is 0 Å². The maximum absolute atomic E-state index is 13.1. The van der Waals surface area contributed by atoms with E-state index in [1.54, 1.807) is 0 Å². The van der Waals surface area contributed by atoms with Gasteiger partial charge in [-0.2, -0.15) is 35.1 Å². The summed E-state index contributed by atoms with van der Waals surface area (Å²) >= 11 is 0. The molecule has 0 aromatic rings. The van der Waals surface area contributed by atoms with Gasteiger partial charge in [-0.1, -0.05) is 0 Å². The second-order valence-corrected chi connectivity index (χ2v) is 4.79. The molecule has 0 saturated carbocycles. The lowest BCUT2D eigenvalue weighted by molar-refractivity contribution is -0.413. The number of ether oxygens (including phenoxy) is 2. The van der Waals surface area contributed by atoms with Crippen LogP contribution in [0, 0.1) is 0 Å². The van der Waals surface area contributed by atoms with Gasteiger partial charge in [0, 0.05) is 19.1 Å². The van der Waals surface area contributed by atoms with E-state index < -0.39 is 48.8 Å². The number of hydrogen-bond acceptors (Lipinski definition) is 4. The SMILES string of the molecule is CC(C)OC(=O)C=CC(=O)OC(F)(F)C(F)(F)C(F)(F)C(C)(F)F. The Hall–Kier alpha value is -1.88. The third-order valence-electron chi connectivity index (χ3n) is 2.25. The van der Waals surface area contributed by atoms with E-state index in [0.717, 1.165) is 0 Å². The van der Waals surface area contributed by atoms with Gasteiger partial charge < -0.3 is 9.47 Å². The van der Waals surface area contributed by atoms with Crippen LogP contribution in [-0.2, 0) is 19.1 Å². The predicted octanol–water partition coefficient (Wildman–Crippen LogP) is 3.56. The summed E-state index contributed by atoms with van der Waals surface area (Å²) in [6, 6.07) is 0. The average Bonchev–Trinajstić information content (AvgIpc) is 2.33. The molecule has 24 heavy (non-hydrogen) atoms. The molecule has 0 unspecified atom stereocenters. The van der Waals surface area contributed by atoms with E-state index >= 15 is 0 Å². The summed E-state index contributed by atoms with van der Waals surface area (Å²) in [4.78, 5) is 21.8. The largest absolute Gasteiger partial charge is 0.473 e. The molecule has 0 aromatic heterocycles. The van der Waals surface area contributed by atoms with Gasteiger partial charge in [0.1, 0.15) is 0 Å². The molecule has 140 valence electrons. The first-order chi connectivity index (χ1) is 10.5. The van der Waals surface area contributed by atoms with Crippen molar-refractivity contribution in [3.8, 4) is 0 Å². The van der Waals surface area contributed by atoms with Gasteiger partial charge in [0.15, 0.2) is 0 Å². The van der Waals surface area contributed by atoms with Crippen LogP contribution in [0.15, 0.2) is 12.2 Å². The second kappa shape index (κ2) is 6.93. The summed E-state index contributed by atoms with van der Waals surface area (Å²) < 4.78 is 110. The smallest absolute Gasteiger partial charge is 0.460 e. The van der Waals surface area contributed by atoms with Gasteiger partial charge in [-0.3, -0.25) is 0 Å². The van der Waals surface area contributed by atoms with Crippen LogP contribution in [0.5, 0.6) is 0 Å². The number of carbonyl (C=O) groups excluding carboxylic acids is 2. The third-order valence-corrected chi connectivity index (χ3v) is 2.25. The molecule has 12 heteroatoms. The Morgan fingerprint density at radius 3 is 1.62 bits per heavy atom. The third kappa shape index (κ3) is 4.81. The zero-order valence-electron chi connectivity index (χ0n) is 12.4. The molecule has 0 N–H and O–H groups in total. The predicted molar refractivity (Wildman–Crippen MR) is 61.9 cm³/mol. The first kappa shape index (κ1) is 22.1. The van der Waals surface area contributed by atoms with Crippen LogP contribution >= 0.6 is 0 Å². The van der Waals surface area contributed by atoms with Crippen LogP contribution in [0.25, 0.3) is 0 Å². The van der Waals surface area contributed by atoms with Crippen molar-refractivity contribution in [1.29, 1.82) is 0 Å². The van der Waals surface area contributed by atoms with Gasteiger partial charge in [-0.15, -0.1) is 0 Å². The number of rotatable bonds is 7. The summed E-state index contributed by atoms with van der Waals surface area (Å²) in [6.07, 6.45) is -6.87. The normalized spacial score (nSPS) is 14.2. The van der Waals surface area contributed by atoms with E-state index in [0.29, 0.717) is 0 Å². The summed E-state index contributed by atoms with van der Waals surface area (Å²) in [5.41, 5.74) is 0. The molecule has 0 aromatic carbocycles. The van der Waals surface area contributed by atoms with E-state index in [-0.39, 0.29) is 12.2 Å². The lowest BCUT2D eigenvalue weighted by atomic mass is 10.1. The van der Waals surface area contributed by atoms with Crippen molar-refractivity contribution in [3.05, 3.63) is 12.2 Å². The summed E-state index contributed by atoms with van der Waals surface area (Å²) in [6.45, 7) is 2.05. The van der Waals surface area contributed by atoms with Crippen molar-refractivity contribution in [2.24, 2.45) is 0 Å². The highest BCUT2D eigenvalue weighted by Crippen LogP contribution is 2.52. The van der Waals surface area contributed by atoms with Gasteiger partial charge in [0.2, 0.25) is 0 Å². The van der Waals surface area contributed by atoms with Crippen LogP contribution in [0.4, 0.5) is 35.1 Å². The second-order valence-electron chi connectivity index (χ2n) is 4.79. The number of esters is 2. The molecule has 0 saturated heterocycles. The van der Waals surface area contributed by atoms with Gasteiger partial charge in [0.25, 0.3) is 0 Å². The lowest BCUT2D eigenvalue weighted by Gasteiger charge is -2.34. The zero-order valence-corrected chi connectivity index (χ0v) is 12.4. The maximum Gasteiger partial charge on any atom is 0.473 e. The number of carbonyl (C=O) groups is 2. The standard InChI is InChI=1S/C12H12F8O4/c1-6(2)23-7(21)4-5-8(22)24-12(19,20)11(17,18)10(15,16)9(3,13)14/h4-6H,1-3H3. The Balaban J connectivity index is 5.23. The van der Waals surface area contributed by atoms with E-state index in [2.05, 4.69) is 9.47 Å². The Morgan fingerprint density at radius 1 is 0.833 bits per heavy atom. The maximum atomic E-state index is 13.1. The Kier molecular flexibility index (Phi) is 6.39. The highest BCUT2D eigenvalue weighted by molar-refractivity contribution is 5.91. The average molecular weight is 372 g/mol. The van der Waals surface area contributed by atoms with Gasteiger partial charge in [-0.05, 0) is 13.8 Å². The number of alkyl halides is 8. The minimum absolute atomic E-state index is 0.114. The molecule has 0 spiro atoms. The molecule has 0 rings (SSSR count). The van der Waals surface area contributed by atoms with Crippen molar-refractivity contribution in [1.82, 2.24) is 0 Å². The Bertz CT molecular complexity index is 508. The molecular formula is C12H12F8O4. The molecule has 4 nitrogen and oxygen atoms in total. The van der Waals surface area contributed by atoms with Gasteiger partial charge >= 0.3 is 35.8 Å². The molecule has 0 radical (unpaired) electrons. The first-order valence-electron chi connectivity index (χ1n) is 6.08. The highest BCUT2D eigenvalue weighted by Gasteiger charge is 2.81. The number of hydrogen-bond donors (Lipinski definition) is 0. The van der Waals surface area contributed by atoms with Crippen molar-refractivity contribution in [2.75, 3.05) is 0 Å². The highest BCUT2D eigenvalue weighted by atomic mass is 19.4. The molecule has 0 amide bonds. The minimum Gasteiger partial charge on any atom is -0.460 e. The van der Waals surface area contributed by atoms with Crippen LogP contribution in [0.2, 0.25) is 0 Å². The molecule has 0 aliphatic carbocycles. The van der Waals surface area contributed by atoms with E-state index in [1.807, 2.05) is 0 Å². The van der Waals surface area contributed by atoms with Gasteiger partial charge in [-0.25, -0.2) is 9.59 Å². The fourth-order valence-corrected chi connectivity index (χ4v) is 1.09. The quantitative estimate of drug-likeness (QED) is 0.390. The molecule has 0 bridgehead atoms. The van der Waals surface area contributed by atoms with Crippen LogP contribution in [0.1, 0.15) is 20.8 Å². The lowest BCUT2D eigenvalue weighted by Crippen LogP contribution is -2.62. The number of halogens is 8. The Morgan fingerprint density at radius 2 is 1.25 bits per heavy atom. The molecule has 0 heterocycles. The zero-order chi connectivity index (χ0) is 19.6. The summed E-state index contributed by atoms with van der Waals surface area (Å²) in [5, 5.41) is 0. The fourth-order valence-electron chi connectivity index (χ4n) is 1.09. The topological polar surface area (TPSA) is 52.6 Å². The summed E-state index contributed by atoms with van der Waals surface area (Å²) in [5.74, 6) is -22.4. The van der Waals surface area contributed by atoms with Crippen LogP contribution < -0.4 is 0 Å². The molecule has 0 fully saturated rings. The van der Waals surface area contributed by atoms with Crippen molar-refractivity contribution < 1.29 is 54.2 Å². The summed E-state index contributed by atoms with van der Waals surface area (Å²) in [7, 11) is 0.